The summed E-state index contributed by atoms with van der Waals surface area (Å²) in [7, 11) is 2.21. The van der Waals surface area contributed by atoms with Crippen molar-refractivity contribution >= 4 is 0 Å². The predicted molar refractivity (Wildman–Crippen MR) is 82.2 cm³/mol. The van der Waals surface area contributed by atoms with E-state index in [1.54, 1.807) is 0 Å². The topological polar surface area (TPSA) is 24.5 Å². The van der Waals surface area contributed by atoms with Gasteiger partial charge in [0.15, 0.2) is 0 Å². The van der Waals surface area contributed by atoms with Gasteiger partial charge in [0.05, 0.1) is 6.61 Å². The molecule has 1 fully saturated rings. The Labute approximate surface area is 122 Å². The van der Waals surface area contributed by atoms with Gasteiger partial charge in [0, 0.05) is 18.5 Å². The third kappa shape index (κ3) is 3.15. The lowest BCUT2D eigenvalue weighted by Gasteiger charge is -2.38. The average molecular weight is 274 g/mol. The van der Waals surface area contributed by atoms with Gasteiger partial charge in [-0.3, -0.25) is 0 Å². The second-order valence-corrected chi connectivity index (χ2v) is 6.80. The molecule has 1 aromatic carbocycles. The number of ether oxygens (including phenoxy) is 1. The first kappa shape index (κ1) is 13.9. The second-order valence-electron chi connectivity index (χ2n) is 6.80. The first-order valence-electron chi connectivity index (χ1n) is 7.79. The van der Waals surface area contributed by atoms with E-state index in [1.807, 2.05) is 0 Å². The van der Waals surface area contributed by atoms with Crippen LogP contribution in [0, 0.1) is 5.41 Å². The summed E-state index contributed by atoms with van der Waals surface area (Å²) < 4.78 is 6.11. The molecule has 1 aromatic rings. The SMILES string of the molecule is CN1CCCC(C)(COc2ccc3c(c2)CNCC3)C1. The van der Waals surface area contributed by atoms with E-state index in [2.05, 4.69) is 42.4 Å². The van der Waals surface area contributed by atoms with Crippen LogP contribution in [0.5, 0.6) is 5.75 Å². The van der Waals surface area contributed by atoms with Gasteiger partial charge in [0.1, 0.15) is 5.75 Å². The molecule has 110 valence electrons. The Hall–Kier alpha value is -1.06. The van der Waals surface area contributed by atoms with Crippen molar-refractivity contribution < 1.29 is 4.74 Å². The Morgan fingerprint density at radius 2 is 2.25 bits per heavy atom. The molecule has 0 aromatic heterocycles. The highest BCUT2D eigenvalue weighted by Gasteiger charge is 2.30. The molecule has 3 heteroatoms. The van der Waals surface area contributed by atoms with Crippen molar-refractivity contribution in [2.45, 2.75) is 32.7 Å². The van der Waals surface area contributed by atoms with Crippen LogP contribution in [0.1, 0.15) is 30.9 Å². The minimum Gasteiger partial charge on any atom is -0.493 e. The van der Waals surface area contributed by atoms with Gasteiger partial charge in [0.25, 0.3) is 0 Å². The van der Waals surface area contributed by atoms with E-state index in [4.69, 9.17) is 4.74 Å². The maximum Gasteiger partial charge on any atom is 0.119 e. The maximum atomic E-state index is 6.11. The largest absolute Gasteiger partial charge is 0.493 e. The molecule has 0 aliphatic carbocycles. The zero-order valence-corrected chi connectivity index (χ0v) is 12.7. The molecule has 3 rings (SSSR count). The fraction of sp³-hybridized carbons (Fsp3) is 0.647. The zero-order chi connectivity index (χ0) is 14.0. The first-order chi connectivity index (χ1) is 9.65. The molecule has 20 heavy (non-hydrogen) atoms. The van der Waals surface area contributed by atoms with Crippen LogP contribution in [-0.4, -0.2) is 38.2 Å². The molecular weight excluding hydrogens is 248 g/mol. The number of benzene rings is 1. The summed E-state index contributed by atoms with van der Waals surface area (Å²) in [5.41, 5.74) is 3.17. The van der Waals surface area contributed by atoms with Crippen LogP contribution in [0.15, 0.2) is 18.2 Å². The molecule has 0 amide bonds. The van der Waals surface area contributed by atoms with Gasteiger partial charge in [-0.1, -0.05) is 13.0 Å². The van der Waals surface area contributed by atoms with Crippen molar-refractivity contribution in [3.05, 3.63) is 29.3 Å². The molecule has 2 aliphatic heterocycles. The zero-order valence-electron chi connectivity index (χ0n) is 12.7. The number of piperidine rings is 1. The van der Waals surface area contributed by atoms with Gasteiger partial charge < -0.3 is 15.0 Å². The number of fused-ring (bicyclic) bond motifs is 1. The smallest absolute Gasteiger partial charge is 0.119 e. The minimum atomic E-state index is 0.293. The molecule has 1 saturated heterocycles. The summed E-state index contributed by atoms with van der Waals surface area (Å²) in [5, 5.41) is 3.42. The molecule has 1 unspecified atom stereocenters. The quantitative estimate of drug-likeness (QED) is 0.916. The number of rotatable bonds is 3. The van der Waals surface area contributed by atoms with E-state index >= 15 is 0 Å². The minimum absolute atomic E-state index is 0.293. The van der Waals surface area contributed by atoms with E-state index in [0.717, 1.165) is 38.4 Å². The fourth-order valence-corrected chi connectivity index (χ4v) is 3.51. The normalized spacial score (nSPS) is 27.1. The van der Waals surface area contributed by atoms with Crippen molar-refractivity contribution in [2.24, 2.45) is 5.41 Å². The molecule has 0 bridgehead atoms. The molecule has 2 aliphatic rings. The molecule has 1 N–H and O–H groups in total. The monoisotopic (exact) mass is 274 g/mol. The number of likely N-dealkylation sites (tertiary alicyclic amines) is 1. The van der Waals surface area contributed by atoms with E-state index < -0.39 is 0 Å². The molecular formula is C17H26N2O. The van der Waals surface area contributed by atoms with Crippen LogP contribution in [0.25, 0.3) is 0 Å². The van der Waals surface area contributed by atoms with Crippen LogP contribution in [-0.2, 0) is 13.0 Å². The Balaban J connectivity index is 1.63. The van der Waals surface area contributed by atoms with Crippen LogP contribution in [0.3, 0.4) is 0 Å². The van der Waals surface area contributed by atoms with E-state index in [1.165, 1.54) is 30.5 Å². The molecule has 0 saturated carbocycles. The van der Waals surface area contributed by atoms with Gasteiger partial charge in [-0.2, -0.15) is 0 Å². The highest BCUT2D eigenvalue weighted by atomic mass is 16.5. The highest BCUT2D eigenvalue weighted by Crippen LogP contribution is 2.30. The summed E-state index contributed by atoms with van der Waals surface area (Å²) in [6.07, 6.45) is 3.69. The van der Waals surface area contributed by atoms with Crippen LogP contribution in [0.2, 0.25) is 0 Å². The molecule has 0 radical (unpaired) electrons. The van der Waals surface area contributed by atoms with Gasteiger partial charge in [-0.15, -0.1) is 0 Å². The van der Waals surface area contributed by atoms with Gasteiger partial charge in [-0.05, 0) is 62.7 Å². The van der Waals surface area contributed by atoms with Gasteiger partial charge >= 0.3 is 0 Å². The van der Waals surface area contributed by atoms with E-state index in [0.29, 0.717) is 5.41 Å². The van der Waals surface area contributed by atoms with E-state index in [-0.39, 0.29) is 0 Å². The van der Waals surface area contributed by atoms with Crippen LogP contribution in [0.4, 0.5) is 0 Å². The maximum absolute atomic E-state index is 6.11. The Kier molecular flexibility index (Phi) is 3.99. The van der Waals surface area contributed by atoms with E-state index in [9.17, 15) is 0 Å². The third-order valence-electron chi connectivity index (χ3n) is 4.62. The number of hydrogen-bond acceptors (Lipinski definition) is 3. The van der Waals surface area contributed by atoms with Crippen molar-refractivity contribution in [1.29, 1.82) is 0 Å². The number of hydrogen-bond donors (Lipinski definition) is 1. The summed E-state index contributed by atoms with van der Waals surface area (Å²) in [4.78, 5) is 2.42. The lowest BCUT2D eigenvalue weighted by Crippen LogP contribution is -2.42. The second kappa shape index (κ2) is 5.74. The Bertz CT molecular complexity index is 474. The molecule has 1 atom stereocenters. The Morgan fingerprint density at radius 3 is 3.10 bits per heavy atom. The summed E-state index contributed by atoms with van der Waals surface area (Å²) >= 11 is 0. The summed E-state index contributed by atoms with van der Waals surface area (Å²) in [6.45, 7) is 7.61. The van der Waals surface area contributed by atoms with Crippen LogP contribution < -0.4 is 10.1 Å². The standard InChI is InChI=1S/C17H26N2O/c1-17(7-3-9-19(2)12-17)13-20-16-5-4-14-6-8-18-11-15(14)10-16/h4-5,10,18H,3,6-9,11-13H2,1-2H3. The fourth-order valence-electron chi connectivity index (χ4n) is 3.51. The third-order valence-corrected chi connectivity index (χ3v) is 4.62. The van der Waals surface area contributed by atoms with Crippen molar-refractivity contribution in [3.63, 3.8) is 0 Å². The van der Waals surface area contributed by atoms with Gasteiger partial charge in [-0.25, -0.2) is 0 Å². The van der Waals surface area contributed by atoms with Crippen LogP contribution >= 0.6 is 0 Å². The first-order valence-corrected chi connectivity index (χ1v) is 7.79. The lowest BCUT2D eigenvalue weighted by atomic mass is 9.83. The van der Waals surface area contributed by atoms with Crippen molar-refractivity contribution in [2.75, 3.05) is 33.3 Å². The molecule has 3 nitrogen and oxygen atoms in total. The summed E-state index contributed by atoms with van der Waals surface area (Å²) in [6, 6.07) is 6.60. The predicted octanol–water partition coefficient (Wildman–Crippen LogP) is 2.44. The van der Waals surface area contributed by atoms with Crippen molar-refractivity contribution in [1.82, 2.24) is 10.2 Å². The van der Waals surface area contributed by atoms with Crippen molar-refractivity contribution in [3.8, 4) is 5.75 Å². The Morgan fingerprint density at radius 1 is 1.35 bits per heavy atom. The highest BCUT2D eigenvalue weighted by molar-refractivity contribution is 5.37. The number of nitrogens with zero attached hydrogens (tertiary/aromatic N) is 1. The van der Waals surface area contributed by atoms with Gasteiger partial charge in [0.2, 0.25) is 0 Å². The average Bonchev–Trinajstić information content (AvgIpc) is 2.45. The lowest BCUT2D eigenvalue weighted by molar-refractivity contribution is 0.0700. The summed E-state index contributed by atoms with van der Waals surface area (Å²) in [5.74, 6) is 1.03. The number of nitrogens with one attached hydrogen (secondary N) is 1. The molecule has 2 heterocycles. The molecule has 0 spiro atoms.